The van der Waals surface area contributed by atoms with E-state index in [9.17, 15) is 9.59 Å². The largest absolute Gasteiger partial charge is 0.385 e. The number of likely N-dealkylation sites (tertiary alicyclic amines) is 1. The topological polar surface area (TPSA) is 75.6 Å². The van der Waals surface area contributed by atoms with Crippen LogP contribution < -0.4 is 10.6 Å². The van der Waals surface area contributed by atoms with Crippen molar-refractivity contribution in [2.75, 3.05) is 33.4 Å². The molecule has 1 aromatic heterocycles. The van der Waals surface area contributed by atoms with E-state index in [-0.39, 0.29) is 17.9 Å². The monoisotopic (exact) mass is 390 g/mol. The molecule has 0 aromatic carbocycles. The van der Waals surface area contributed by atoms with Crippen LogP contribution in [-0.2, 0) is 16.6 Å². The van der Waals surface area contributed by atoms with Crippen molar-refractivity contribution in [1.29, 1.82) is 0 Å². The molecular weight excluding hydrogens is 356 g/mol. The van der Waals surface area contributed by atoms with Gasteiger partial charge < -0.3 is 19.9 Å². The quantitative estimate of drug-likeness (QED) is 0.562. The average Bonchev–Trinajstić information content (AvgIpc) is 3.28. The van der Waals surface area contributed by atoms with Crippen molar-refractivity contribution in [3.8, 4) is 0 Å². The fourth-order valence-electron chi connectivity index (χ4n) is 4.08. The number of nitrogens with zero attached hydrogens (tertiary/aromatic N) is 2. The van der Waals surface area contributed by atoms with E-state index in [1.165, 1.54) is 12.8 Å². The molecule has 156 valence electrons. The maximum absolute atomic E-state index is 12.4. The molecule has 1 aromatic rings. The zero-order chi connectivity index (χ0) is 19.9. The van der Waals surface area contributed by atoms with Gasteiger partial charge in [0.25, 0.3) is 5.91 Å². The Morgan fingerprint density at radius 2 is 1.96 bits per heavy atom. The summed E-state index contributed by atoms with van der Waals surface area (Å²) in [5, 5.41) is 6.10. The lowest BCUT2D eigenvalue weighted by Gasteiger charge is -2.30. The predicted molar refractivity (Wildman–Crippen MR) is 108 cm³/mol. The third-order valence-corrected chi connectivity index (χ3v) is 5.88. The van der Waals surface area contributed by atoms with Crippen molar-refractivity contribution in [2.45, 2.75) is 50.6 Å². The van der Waals surface area contributed by atoms with Crippen LogP contribution in [0.5, 0.6) is 0 Å². The van der Waals surface area contributed by atoms with Gasteiger partial charge in [-0.05, 0) is 50.2 Å². The maximum atomic E-state index is 12.4. The molecule has 1 aliphatic heterocycles. The molecule has 0 spiro atoms. The normalized spacial score (nSPS) is 22.4. The molecule has 3 rings (SSSR count). The van der Waals surface area contributed by atoms with Crippen molar-refractivity contribution in [3.05, 3.63) is 24.0 Å². The molecule has 2 heterocycles. The number of hydrogen-bond acceptors (Lipinski definition) is 4. The summed E-state index contributed by atoms with van der Waals surface area (Å²) in [6.07, 6.45) is 7.88. The number of aromatic nitrogens is 1. The van der Waals surface area contributed by atoms with Crippen LogP contribution in [0.2, 0.25) is 0 Å². The fraction of sp³-hybridized carbons (Fsp3) is 0.714. The number of aryl methyl sites for hydroxylation is 1. The molecule has 2 aliphatic rings. The van der Waals surface area contributed by atoms with Crippen LogP contribution in [0, 0.1) is 5.92 Å². The van der Waals surface area contributed by atoms with Gasteiger partial charge in [0, 0.05) is 65.1 Å². The summed E-state index contributed by atoms with van der Waals surface area (Å²) >= 11 is 0. The van der Waals surface area contributed by atoms with E-state index < -0.39 is 0 Å². The lowest BCUT2D eigenvalue weighted by Crippen LogP contribution is -2.45. The van der Waals surface area contributed by atoms with Crippen molar-refractivity contribution >= 4 is 11.8 Å². The summed E-state index contributed by atoms with van der Waals surface area (Å²) in [5.74, 6) is 0.852. The van der Waals surface area contributed by atoms with Gasteiger partial charge in [-0.25, -0.2) is 0 Å². The third-order valence-electron chi connectivity index (χ3n) is 5.88. The Morgan fingerprint density at radius 1 is 1.18 bits per heavy atom. The van der Waals surface area contributed by atoms with E-state index in [0.29, 0.717) is 37.9 Å². The Balaban J connectivity index is 1.49. The zero-order valence-electron chi connectivity index (χ0n) is 17.2. The summed E-state index contributed by atoms with van der Waals surface area (Å²) in [6, 6.07) is 4.31. The maximum Gasteiger partial charge on any atom is 0.267 e. The first kappa shape index (κ1) is 20.9. The molecule has 2 N–H and O–H groups in total. The Labute approximate surface area is 167 Å². The number of nitrogens with one attached hydrogen (secondary N) is 2. The minimum absolute atomic E-state index is 0.0294. The van der Waals surface area contributed by atoms with Gasteiger partial charge in [0.15, 0.2) is 0 Å². The van der Waals surface area contributed by atoms with Gasteiger partial charge in [-0.1, -0.05) is 0 Å². The van der Waals surface area contributed by atoms with Gasteiger partial charge in [0.2, 0.25) is 5.91 Å². The van der Waals surface area contributed by atoms with E-state index >= 15 is 0 Å². The molecule has 1 saturated carbocycles. The molecule has 28 heavy (non-hydrogen) atoms. The van der Waals surface area contributed by atoms with E-state index in [0.717, 1.165) is 31.7 Å². The highest BCUT2D eigenvalue weighted by Crippen LogP contribution is 2.35. The van der Waals surface area contributed by atoms with Gasteiger partial charge in [0.1, 0.15) is 5.69 Å². The van der Waals surface area contributed by atoms with E-state index in [2.05, 4.69) is 15.5 Å². The molecule has 0 bridgehead atoms. The first-order chi connectivity index (χ1) is 13.6. The van der Waals surface area contributed by atoms with Crippen molar-refractivity contribution < 1.29 is 14.3 Å². The first-order valence-electron chi connectivity index (χ1n) is 10.5. The van der Waals surface area contributed by atoms with Gasteiger partial charge in [-0.15, -0.1) is 0 Å². The lowest BCUT2D eigenvalue weighted by molar-refractivity contribution is -0.122. The van der Waals surface area contributed by atoms with Crippen LogP contribution in [0.15, 0.2) is 18.3 Å². The molecule has 0 unspecified atom stereocenters. The smallest absolute Gasteiger partial charge is 0.267 e. The zero-order valence-corrected chi connectivity index (χ0v) is 17.2. The highest BCUT2D eigenvalue weighted by Gasteiger charge is 2.38. The van der Waals surface area contributed by atoms with Gasteiger partial charge in [0.05, 0.1) is 0 Å². The van der Waals surface area contributed by atoms with Crippen molar-refractivity contribution in [2.24, 2.45) is 13.0 Å². The summed E-state index contributed by atoms with van der Waals surface area (Å²) in [7, 11) is 3.55. The van der Waals surface area contributed by atoms with Crippen molar-refractivity contribution in [3.63, 3.8) is 0 Å². The van der Waals surface area contributed by atoms with Crippen LogP contribution in [0.25, 0.3) is 0 Å². The molecule has 7 nitrogen and oxygen atoms in total. The Hall–Kier alpha value is -1.86. The Morgan fingerprint density at radius 3 is 2.64 bits per heavy atom. The van der Waals surface area contributed by atoms with E-state index in [1.54, 1.807) is 7.11 Å². The van der Waals surface area contributed by atoms with Gasteiger partial charge >= 0.3 is 0 Å². The van der Waals surface area contributed by atoms with Crippen LogP contribution >= 0.6 is 0 Å². The molecule has 1 saturated heterocycles. The van der Waals surface area contributed by atoms with Crippen LogP contribution in [0.4, 0.5) is 0 Å². The SMILES string of the molecule is COCCCNC(=O)C[C@H]1CC[C@@H](CNC(=O)c2cccn2C)N1CC1CC1. The predicted octanol–water partition coefficient (Wildman–Crippen LogP) is 1.54. The number of methoxy groups -OCH3 is 1. The molecule has 2 atom stereocenters. The molecular formula is C21H34N4O3. The van der Waals surface area contributed by atoms with E-state index in [1.807, 2.05) is 29.9 Å². The van der Waals surface area contributed by atoms with Gasteiger partial charge in [-0.2, -0.15) is 0 Å². The molecule has 1 aliphatic carbocycles. The number of carbonyl (C=O) groups excluding carboxylic acids is 2. The summed E-state index contributed by atoms with van der Waals surface area (Å²) in [4.78, 5) is 27.2. The third kappa shape index (κ3) is 5.82. The van der Waals surface area contributed by atoms with Crippen LogP contribution in [0.3, 0.4) is 0 Å². The number of hydrogen-bond donors (Lipinski definition) is 2. The standard InChI is InChI=1S/C21H34N4O3/c1-24-11-3-5-19(24)21(27)23-14-18-9-8-17(25(18)15-16-6-7-16)13-20(26)22-10-4-12-28-2/h3,5,11,16-18H,4,6-10,12-15H2,1-2H3,(H,22,26)(H,23,27)/t17-,18+/m1/s1. The minimum atomic E-state index is -0.0294. The highest BCUT2D eigenvalue weighted by molar-refractivity contribution is 5.92. The second-order valence-corrected chi connectivity index (χ2v) is 8.14. The fourth-order valence-corrected chi connectivity index (χ4v) is 4.08. The molecule has 7 heteroatoms. The van der Waals surface area contributed by atoms with Gasteiger partial charge in [-0.3, -0.25) is 14.5 Å². The first-order valence-corrected chi connectivity index (χ1v) is 10.5. The Kier molecular flexibility index (Phi) is 7.50. The summed E-state index contributed by atoms with van der Waals surface area (Å²) < 4.78 is 6.86. The summed E-state index contributed by atoms with van der Waals surface area (Å²) in [6.45, 7) is 3.02. The minimum Gasteiger partial charge on any atom is -0.385 e. The Bertz CT molecular complexity index is 656. The summed E-state index contributed by atoms with van der Waals surface area (Å²) in [5.41, 5.74) is 0.679. The molecule has 2 amide bonds. The number of carbonyl (C=O) groups is 2. The number of amides is 2. The average molecular weight is 391 g/mol. The molecule has 0 radical (unpaired) electrons. The second-order valence-electron chi connectivity index (χ2n) is 8.14. The lowest BCUT2D eigenvalue weighted by atomic mass is 10.1. The number of ether oxygens (including phenoxy) is 1. The van der Waals surface area contributed by atoms with Crippen molar-refractivity contribution in [1.82, 2.24) is 20.1 Å². The van der Waals surface area contributed by atoms with Crippen LogP contribution in [0.1, 0.15) is 49.0 Å². The molecule has 2 fully saturated rings. The second kappa shape index (κ2) is 10.1. The van der Waals surface area contributed by atoms with E-state index in [4.69, 9.17) is 4.74 Å². The number of rotatable bonds is 11. The van der Waals surface area contributed by atoms with Crippen LogP contribution in [-0.4, -0.2) is 66.7 Å². The highest BCUT2D eigenvalue weighted by atomic mass is 16.5.